The number of furan rings is 1. The van der Waals surface area contributed by atoms with E-state index in [-0.39, 0.29) is 35.9 Å². The van der Waals surface area contributed by atoms with Gasteiger partial charge in [0.1, 0.15) is 23.0 Å². The predicted octanol–water partition coefficient (Wildman–Crippen LogP) is 3.69. The summed E-state index contributed by atoms with van der Waals surface area (Å²) in [7, 11) is 3.16. The van der Waals surface area contributed by atoms with Crippen LogP contribution in [0.5, 0.6) is 17.2 Å². The maximum absolute atomic E-state index is 13.3. The number of aromatic hydroxyl groups is 2. The van der Waals surface area contributed by atoms with Gasteiger partial charge in [-0.3, -0.25) is 9.59 Å². The minimum atomic E-state index is -0.439. The molecule has 3 rings (SSSR count). The molecule has 0 saturated carbocycles. The van der Waals surface area contributed by atoms with Crippen LogP contribution in [0.1, 0.15) is 39.7 Å². The van der Waals surface area contributed by atoms with E-state index in [1.165, 1.54) is 18.3 Å². The molecule has 2 aromatic carbocycles. The molecule has 1 amide bonds. The van der Waals surface area contributed by atoms with Crippen LogP contribution >= 0.6 is 0 Å². The topological polar surface area (TPSA) is 100 Å². The Hall–Kier alpha value is -3.74. The first-order valence-corrected chi connectivity index (χ1v) is 9.87. The highest BCUT2D eigenvalue weighted by Gasteiger charge is 2.26. The third-order valence-electron chi connectivity index (χ3n) is 5.16. The zero-order chi connectivity index (χ0) is 22.5. The average Bonchev–Trinajstić information content (AvgIpc) is 3.26. The number of amides is 1. The summed E-state index contributed by atoms with van der Waals surface area (Å²) >= 11 is 0. The van der Waals surface area contributed by atoms with Crippen LogP contribution in [0.15, 0.2) is 53.1 Å². The summed E-state index contributed by atoms with van der Waals surface area (Å²) in [5.74, 6) is -0.0171. The molecule has 0 radical (unpaired) electrons. The second-order valence-corrected chi connectivity index (χ2v) is 7.16. The molecule has 0 aliphatic heterocycles. The Kier molecular flexibility index (Phi) is 6.65. The van der Waals surface area contributed by atoms with Crippen molar-refractivity contribution >= 4 is 11.7 Å². The molecule has 0 saturated heterocycles. The molecule has 1 aromatic heterocycles. The summed E-state index contributed by atoms with van der Waals surface area (Å²) in [6.07, 6.45) is 1.76. The lowest BCUT2D eigenvalue weighted by Crippen LogP contribution is -2.28. The van der Waals surface area contributed by atoms with Crippen molar-refractivity contribution in [3.63, 3.8) is 0 Å². The van der Waals surface area contributed by atoms with Crippen molar-refractivity contribution < 1.29 is 29.0 Å². The van der Waals surface area contributed by atoms with E-state index in [1.807, 2.05) is 6.92 Å². The van der Waals surface area contributed by atoms with Gasteiger partial charge in [0.2, 0.25) is 5.91 Å². The second kappa shape index (κ2) is 9.38. The molecule has 0 bridgehead atoms. The number of carbonyl (C=O) groups is 2. The third-order valence-corrected chi connectivity index (χ3v) is 5.16. The van der Waals surface area contributed by atoms with Crippen LogP contribution in [0.3, 0.4) is 0 Å². The fourth-order valence-electron chi connectivity index (χ4n) is 3.49. The van der Waals surface area contributed by atoms with Gasteiger partial charge in [-0.2, -0.15) is 0 Å². The van der Waals surface area contributed by atoms with E-state index in [4.69, 9.17) is 9.15 Å². The molecule has 31 heavy (non-hydrogen) atoms. The Balaban J connectivity index is 1.99. The molecule has 7 heteroatoms. The van der Waals surface area contributed by atoms with Crippen molar-refractivity contribution in [3.8, 4) is 17.2 Å². The van der Waals surface area contributed by atoms with Gasteiger partial charge in [0.15, 0.2) is 5.78 Å². The normalized spacial score (nSPS) is 10.7. The Morgan fingerprint density at radius 2 is 1.77 bits per heavy atom. The van der Waals surface area contributed by atoms with Gasteiger partial charge >= 0.3 is 0 Å². The van der Waals surface area contributed by atoms with Crippen molar-refractivity contribution in [2.75, 3.05) is 14.2 Å². The van der Waals surface area contributed by atoms with Crippen LogP contribution in [0, 0.1) is 0 Å². The monoisotopic (exact) mass is 423 g/mol. The van der Waals surface area contributed by atoms with Crippen LogP contribution in [-0.2, 0) is 24.2 Å². The molecule has 3 aromatic rings. The van der Waals surface area contributed by atoms with Crippen molar-refractivity contribution in [2.45, 2.75) is 26.3 Å². The first-order valence-electron chi connectivity index (χ1n) is 9.87. The predicted molar refractivity (Wildman–Crippen MR) is 114 cm³/mol. The van der Waals surface area contributed by atoms with Crippen molar-refractivity contribution in [1.82, 2.24) is 4.90 Å². The van der Waals surface area contributed by atoms with Crippen molar-refractivity contribution in [3.05, 3.63) is 76.7 Å². The lowest BCUT2D eigenvalue weighted by Gasteiger charge is -2.20. The Bertz CT molecular complexity index is 1070. The molecule has 1 heterocycles. The maximum atomic E-state index is 13.3. The maximum Gasteiger partial charge on any atom is 0.227 e. The summed E-state index contributed by atoms with van der Waals surface area (Å²) in [5.41, 5.74) is 1.12. The number of ether oxygens (including phenoxy) is 1. The van der Waals surface area contributed by atoms with E-state index in [1.54, 1.807) is 43.4 Å². The minimum Gasteiger partial charge on any atom is -0.508 e. The van der Waals surface area contributed by atoms with Crippen LogP contribution in [-0.4, -0.2) is 41.0 Å². The van der Waals surface area contributed by atoms with Gasteiger partial charge in [-0.1, -0.05) is 6.92 Å². The van der Waals surface area contributed by atoms with Gasteiger partial charge in [-0.05, 0) is 53.9 Å². The zero-order valence-corrected chi connectivity index (χ0v) is 17.7. The Labute approximate surface area is 180 Å². The average molecular weight is 423 g/mol. The summed E-state index contributed by atoms with van der Waals surface area (Å²) in [6, 6.07) is 11.1. The van der Waals surface area contributed by atoms with Gasteiger partial charge in [0.05, 0.1) is 31.9 Å². The number of likely N-dealkylation sites (N-methyl/N-ethyl adjacent to an activating group) is 1. The molecule has 0 fully saturated rings. The van der Waals surface area contributed by atoms with Crippen molar-refractivity contribution in [1.29, 1.82) is 0 Å². The minimum absolute atomic E-state index is 0.0135. The molecule has 0 atom stereocenters. The number of ketones is 1. The molecule has 162 valence electrons. The van der Waals surface area contributed by atoms with Gasteiger partial charge in [0, 0.05) is 18.7 Å². The summed E-state index contributed by atoms with van der Waals surface area (Å²) in [4.78, 5) is 27.6. The molecule has 0 aliphatic rings. The van der Waals surface area contributed by atoms with Gasteiger partial charge < -0.3 is 24.3 Å². The fourth-order valence-corrected chi connectivity index (χ4v) is 3.49. The van der Waals surface area contributed by atoms with E-state index in [0.29, 0.717) is 34.6 Å². The lowest BCUT2D eigenvalue weighted by molar-refractivity contribution is -0.129. The highest BCUT2D eigenvalue weighted by atomic mass is 16.5. The van der Waals surface area contributed by atoms with E-state index in [2.05, 4.69) is 0 Å². The van der Waals surface area contributed by atoms with Gasteiger partial charge in [-0.25, -0.2) is 0 Å². The second-order valence-electron chi connectivity index (χ2n) is 7.16. The molecule has 2 N–H and O–H groups in total. The number of rotatable bonds is 8. The number of nitrogens with zero attached hydrogens (tertiary/aromatic N) is 1. The molecule has 0 spiro atoms. The number of phenolic OH excluding ortho intramolecular Hbond substituents is 2. The molecular weight excluding hydrogens is 398 g/mol. The molecule has 0 aliphatic carbocycles. The summed E-state index contributed by atoms with van der Waals surface area (Å²) in [5, 5.41) is 20.9. The van der Waals surface area contributed by atoms with E-state index >= 15 is 0 Å². The first kappa shape index (κ1) is 22.0. The first-order chi connectivity index (χ1) is 14.8. The van der Waals surface area contributed by atoms with Gasteiger partial charge in [-0.15, -0.1) is 0 Å². The quantitative estimate of drug-likeness (QED) is 0.536. The summed E-state index contributed by atoms with van der Waals surface area (Å²) in [6.45, 7) is 2.08. The fraction of sp³-hybridized carbons (Fsp3) is 0.250. The van der Waals surface area contributed by atoms with Crippen LogP contribution in [0.2, 0.25) is 0 Å². The van der Waals surface area contributed by atoms with E-state index < -0.39 is 5.78 Å². The van der Waals surface area contributed by atoms with Gasteiger partial charge in [0.25, 0.3) is 0 Å². The number of hydrogen-bond donors (Lipinski definition) is 2. The lowest BCUT2D eigenvalue weighted by atomic mass is 9.89. The number of hydrogen-bond acceptors (Lipinski definition) is 6. The molecule has 7 nitrogen and oxygen atoms in total. The highest BCUT2D eigenvalue weighted by molar-refractivity contribution is 6.12. The SMILES string of the molecule is CCc1c(O)cc(O)c(C(=O)c2ccc(OC)cc2)c1CC(=O)N(C)Cc1ccco1. The highest BCUT2D eigenvalue weighted by Crippen LogP contribution is 2.35. The molecular formula is C24H25NO6. The Morgan fingerprint density at radius 3 is 2.35 bits per heavy atom. The Morgan fingerprint density at radius 1 is 1.06 bits per heavy atom. The van der Waals surface area contributed by atoms with Crippen molar-refractivity contribution in [2.24, 2.45) is 0 Å². The number of methoxy groups -OCH3 is 1. The molecule has 0 unspecified atom stereocenters. The summed E-state index contributed by atoms with van der Waals surface area (Å²) < 4.78 is 10.4. The number of carbonyl (C=O) groups excluding carboxylic acids is 2. The largest absolute Gasteiger partial charge is 0.508 e. The third kappa shape index (κ3) is 4.71. The van der Waals surface area contributed by atoms with Crippen LogP contribution in [0.25, 0.3) is 0 Å². The number of phenols is 2. The smallest absolute Gasteiger partial charge is 0.227 e. The van der Waals surface area contributed by atoms with E-state index in [9.17, 15) is 19.8 Å². The zero-order valence-electron chi connectivity index (χ0n) is 17.7. The standard InChI is InChI=1S/C24H25NO6/c1-4-18-19(12-22(28)25(2)14-17-6-5-11-31-17)23(21(27)13-20(18)26)24(29)15-7-9-16(30-3)10-8-15/h5-11,13,26-27H,4,12,14H2,1-3H3. The number of benzene rings is 2. The van der Waals surface area contributed by atoms with Crippen LogP contribution in [0.4, 0.5) is 0 Å². The van der Waals surface area contributed by atoms with Crippen LogP contribution < -0.4 is 4.74 Å². The van der Waals surface area contributed by atoms with E-state index in [0.717, 1.165) is 6.07 Å².